The standard InChI is InChI=1S/C15H21NO4/c1-12(2)16(10-9-14(17)19-3)15(18)20-11-13-7-5-4-6-8-13/h4-8,12H,9-11H2,1-3H3. The summed E-state index contributed by atoms with van der Waals surface area (Å²) in [6, 6.07) is 9.43. The van der Waals surface area contributed by atoms with Crippen LogP contribution in [0.25, 0.3) is 0 Å². The maximum atomic E-state index is 12.0. The predicted octanol–water partition coefficient (Wildman–Crippen LogP) is 2.60. The fraction of sp³-hybridized carbons (Fsp3) is 0.467. The number of esters is 1. The number of hydrogen-bond donors (Lipinski definition) is 0. The molecule has 5 nitrogen and oxygen atoms in total. The van der Waals surface area contributed by atoms with Gasteiger partial charge in [0.15, 0.2) is 0 Å². The lowest BCUT2D eigenvalue weighted by molar-refractivity contribution is -0.140. The molecule has 0 spiro atoms. The van der Waals surface area contributed by atoms with Crippen molar-refractivity contribution in [1.29, 1.82) is 0 Å². The van der Waals surface area contributed by atoms with E-state index in [0.29, 0.717) is 0 Å². The Morgan fingerprint density at radius 1 is 1.20 bits per heavy atom. The molecule has 0 aromatic heterocycles. The lowest BCUT2D eigenvalue weighted by Crippen LogP contribution is -2.38. The van der Waals surface area contributed by atoms with Crippen LogP contribution in [0.2, 0.25) is 0 Å². The average molecular weight is 279 g/mol. The minimum atomic E-state index is -0.423. The highest BCUT2D eigenvalue weighted by Crippen LogP contribution is 2.07. The summed E-state index contributed by atoms with van der Waals surface area (Å²) in [7, 11) is 1.33. The van der Waals surface area contributed by atoms with Gasteiger partial charge in [0.25, 0.3) is 0 Å². The molecule has 1 aromatic rings. The van der Waals surface area contributed by atoms with E-state index in [2.05, 4.69) is 4.74 Å². The number of methoxy groups -OCH3 is 1. The highest BCUT2D eigenvalue weighted by molar-refractivity contribution is 5.72. The third-order valence-corrected chi connectivity index (χ3v) is 2.85. The van der Waals surface area contributed by atoms with Crippen LogP contribution in [0.3, 0.4) is 0 Å². The zero-order valence-corrected chi connectivity index (χ0v) is 12.2. The van der Waals surface area contributed by atoms with Crippen molar-refractivity contribution in [3.63, 3.8) is 0 Å². The summed E-state index contributed by atoms with van der Waals surface area (Å²) < 4.78 is 9.82. The van der Waals surface area contributed by atoms with E-state index in [4.69, 9.17) is 4.74 Å². The molecule has 0 saturated carbocycles. The van der Waals surface area contributed by atoms with Crippen molar-refractivity contribution in [3.8, 4) is 0 Å². The lowest BCUT2D eigenvalue weighted by atomic mass is 10.2. The maximum Gasteiger partial charge on any atom is 0.410 e. The fourth-order valence-electron chi connectivity index (χ4n) is 1.68. The zero-order chi connectivity index (χ0) is 15.0. The summed E-state index contributed by atoms with van der Waals surface area (Å²) in [6.45, 7) is 4.27. The number of carbonyl (C=O) groups excluding carboxylic acids is 2. The van der Waals surface area contributed by atoms with E-state index in [1.807, 2.05) is 44.2 Å². The van der Waals surface area contributed by atoms with E-state index < -0.39 is 6.09 Å². The Bertz CT molecular complexity index is 431. The second-order valence-electron chi connectivity index (χ2n) is 4.65. The third kappa shape index (κ3) is 5.30. The Labute approximate surface area is 119 Å². The molecule has 110 valence electrons. The Balaban J connectivity index is 2.49. The molecule has 1 aromatic carbocycles. The van der Waals surface area contributed by atoms with Gasteiger partial charge in [-0.15, -0.1) is 0 Å². The first-order chi connectivity index (χ1) is 9.54. The van der Waals surface area contributed by atoms with Gasteiger partial charge in [-0.05, 0) is 19.4 Å². The number of ether oxygens (including phenoxy) is 2. The molecule has 20 heavy (non-hydrogen) atoms. The van der Waals surface area contributed by atoms with Crippen molar-refractivity contribution < 1.29 is 19.1 Å². The van der Waals surface area contributed by atoms with E-state index in [-0.39, 0.29) is 31.6 Å². The molecular weight excluding hydrogens is 258 g/mol. The van der Waals surface area contributed by atoms with Crippen LogP contribution in [0.15, 0.2) is 30.3 Å². The molecule has 0 radical (unpaired) electrons. The Kier molecular flexibility index (Phi) is 6.56. The summed E-state index contributed by atoms with van der Waals surface area (Å²) in [5, 5.41) is 0. The quantitative estimate of drug-likeness (QED) is 0.751. The molecular formula is C15H21NO4. The van der Waals surface area contributed by atoms with Gasteiger partial charge in [0, 0.05) is 12.6 Å². The van der Waals surface area contributed by atoms with E-state index in [1.54, 1.807) is 0 Å². The van der Waals surface area contributed by atoms with Crippen LogP contribution in [0.5, 0.6) is 0 Å². The minimum absolute atomic E-state index is 0.0390. The number of rotatable bonds is 6. The van der Waals surface area contributed by atoms with Gasteiger partial charge in [0.1, 0.15) is 6.61 Å². The normalized spacial score (nSPS) is 10.2. The molecule has 0 unspecified atom stereocenters. The molecule has 0 atom stereocenters. The molecule has 0 aliphatic heterocycles. The number of nitrogens with zero attached hydrogens (tertiary/aromatic N) is 1. The Morgan fingerprint density at radius 2 is 1.85 bits per heavy atom. The molecule has 1 rings (SSSR count). The number of benzene rings is 1. The summed E-state index contributed by atoms with van der Waals surface area (Å²) in [4.78, 5) is 24.7. The van der Waals surface area contributed by atoms with Crippen LogP contribution in [0, 0.1) is 0 Å². The molecule has 5 heteroatoms. The van der Waals surface area contributed by atoms with Gasteiger partial charge in [-0.3, -0.25) is 4.79 Å². The van der Waals surface area contributed by atoms with E-state index in [9.17, 15) is 9.59 Å². The molecule has 0 fully saturated rings. The van der Waals surface area contributed by atoms with Crippen molar-refractivity contribution in [2.75, 3.05) is 13.7 Å². The first kappa shape index (κ1) is 16.0. The zero-order valence-electron chi connectivity index (χ0n) is 12.2. The van der Waals surface area contributed by atoms with E-state index >= 15 is 0 Å². The van der Waals surface area contributed by atoms with Gasteiger partial charge in [0.2, 0.25) is 0 Å². The van der Waals surface area contributed by atoms with Gasteiger partial charge < -0.3 is 14.4 Å². The third-order valence-electron chi connectivity index (χ3n) is 2.85. The fourth-order valence-corrected chi connectivity index (χ4v) is 1.68. The number of carbonyl (C=O) groups is 2. The molecule has 0 saturated heterocycles. The van der Waals surface area contributed by atoms with Crippen LogP contribution >= 0.6 is 0 Å². The molecule has 0 heterocycles. The topological polar surface area (TPSA) is 55.8 Å². The van der Waals surface area contributed by atoms with Crippen molar-refractivity contribution in [1.82, 2.24) is 4.90 Å². The van der Waals surface area contributed by atoms with Crippen molar-refractivity contribution in [2.24, 2.45) is 0 Å². The molecule has 0 aliphatic carbocycles. The Hall–Kier alpha value is -2.04. The smallest absolute Gasteiger partial charge is 0.410 e. The van der Waals surface area contributed by atoms with E-state index in [0.717, 1.165) is 5.56 Å². The lowest BCUT2D eigenvalue weighted by Gasteiger charge is -2.25. The highest BCUT2D eigenvalue weighted by atomic mass is 16.6. The monoisotopic (exact) mass is 279 g/mol. The number of amides is 1. The summed E-state index contributed by atoms with van der Waals surface area (Å²) in [5.74, 6) is -0.341. The number of hydrogen-bond acceptors (Lipinski definition) is 4. The first-order valence-electron chi connectivity index (χ1n) is 6.58. The second kappa shape index (κ2) is 8.19. The molecule has 0 aliphatic rings. The van der Waals surface area contributed by atoms with Crippen molar-refractivity contribution >= 4 is 12.1 Å². The molecule has 0 bridgehead atoms. The minimum Gasteiger partial charge on any atom is -0.469 e. The average Bonchev–Trinajstić information content (AvgIpc) is 2.45. The van der Waals surface area contributed by atoms with Gasteiger partial charge in [0.05, 0.1) is 13.5 Å². The van der Waals surface area contributed by atoms with Crippen molar-refractivity contribution in [3.05, 3.63) is 35.9 Å². The van der Waals surface area contributed by atoms with Gasteiger partial charge >= 0.3 is 12.1 Å². The highest BCUT2D eigenvalue weighted by Gasteiger charge is 2.19. The maximum absolute atomic E-state index is 12.0. The van der Waals surface area contributed by atoms with Crippen LogP contribution in [-0.4, -0.2) is 36.7 Å². The van der Waals surface area contributed by atoms with Crippen LogP contribution in [0.1, 0.15) is 25.8 Å². The van der Waals surface area contributed by atoms with E-state index in [1.165, 1.54) is 12.0 Å². The van der Waals surface area contributed by atoms with Crippen LogP contribution < -0.4 is 0 Å². The van der Waals surface area contributed by atoms with Crippen molar-refractivity contribution in [2.45, 2.75) is 32.9 Å². The molecule has 0 N–H and O–H groups in total. The first-order valence-corrected chi connectivity index (χ1v) is 6.58. The van der Waals surface area contributed by atoms with Gasteiger partial charge in [-0.2, -0.15) is 0 Å². The van der Waals surface area contributed by atoms with Crippen LogP contribution in [0.4, 0.5) is 4.79 Å². The summed E-state index contributed by atoms with van der Waals surface area (Å²) in [6.07, 6.45) is -0.262. The molecule has 1 amide bonds. The van der Waals surface area contributed by atoms with Gasteiger partial charge in [-0.25, -0.2) is 4.79 Å². The predicted molar refractivity (Wildman–Crippen MR) is 75.1 cm³/mol. The largest absolute Gasteiger partial charge is 0.469 e. The Morgan fingerprint density at radius 3 is 2.40 bits per heavy atom. The van der Waals surface area contributed by atoms with Gasteiger partial charge in [-0.1, -0.05) is 30.3 Å². The SMILES string of the molecule is COC(=O)CCN(C(=O)OCc1ccccc1)C(C)C. The summed E-state index contributed by atoms with van der Waals surface area (Å²) in [5.41, 5.74) is 0.928. The summed E-state index contributed by atoms with van der Waals surface area (Å²) >= 11 is 0. The van der Waals surface area contributed by atoms with Crippen LogP contribution in [-0.2, 0) is 20.9 Å². The second-order valence-corrected chi connectivity index (χ2v) is 4.65.